The Bertz CT molecular complexity index is 627. The fourth-order valence-electron chi connectivity index (χ4n) is 1.96. The standard InChI is InChI=1S/C17H16BrNO2/c1-17(20,11-2-12-19)13-3-7-15(8-4-13)21-16-9-5-14(18)6-10-16/h3-10,20H,2,11H2,1H3. The van der Waals surface area contributed by atoms with Gasteiger partial charge in [0.25, 0.3) is 0 Å². The van der Waals surface area contributed by atoms with Gasteiger partial charge in [0.05, 0.1) is 11.7 Å². The molecule has 0 saturated carbocycles. The number of benzene rings is 2. The molecular weight excluding hydrogens is 330 g/mol. The summed E-state index contributed by atoms with van der Waals surface area (Å²) in [5.41, 5.74) is -0.216. The SMILES string of the molecule is CC(O)(CCC#N)c1ccc(Oc2ccc(Br)cc2)cc1. The summed E-state index contributed by atoms with van der Waals surface area (Å²) in [5, 5.41) is 19.0. The highest BCUT2D eigenvalue weighted by atomic mass is 79.9. The van der Waals surface area contributed by atoms with Crippen LogP contribution in [0.2, 0.25) is 0 Å². The molecule has 1 atom stereocenters. The minimum atomic E-state index is -0.994. The number of rotatable bonds is 5. The van der Waals surface area contributed by atoms with Crippen LogP contribution in [-0.2, 0) is 5.60 Å². The lowest BCUT2D eigenvalue weighted by Crippen LogP contribution is -2.20. The Morgan fingerprint density at radius 2 is 1.62 bits per heavy atom. The Morgan fingerprint density at radius 3 is 2.14 bits per heavy atom. The molecule has 0 aliphatic heterocycles. The van der Waals surface area contributed by atoms with E-state index in [-0.39, 0.29) is 0 Å². The van der Waals surface area contributed by atoms with Crippen molar-refractivity contribution >= 4 is 15.9 Å². The van der Waals surface area contributed by atoms with Crippen LogP contribution in [0.4, 0.5) is 0 Å². The van der Waals surface area contributed by atoms with E-state index in [2.05, 4.69) is 22.0 Å². The first-order valence-corrected chi connectivity index (χ1v) is 7.44. The van der Waals surface area contributed by atoms with Crippen LogP contribution in [0.1, 0.15) is 25.3 Å². The third kappa shape index (κ3) is 4.32. The number of aliphatic hydroxyl groups is 1. The zero-order valence-corrected chi connectivity index (χ0v) is 13.3. The van der Waals surface area contributed by atoms with Crippen molar-refractivity contribution < 1.29 is 9.84 Å². The Morgan fingerprint density at radius 1 is 1.10 bits per heavy atom. The molecule has 108 valence electrons. The van der Waals surface area contributed by atoms with Crippen molar-refractivity contribution in [3.63, 3.8) is 0 Å². The first kappa shape index (κ1) is 15.6. The van der Waals surface area contributed by atoms with E-state index in [1.807, 2.05) is 48.5 Å². The summed E-state index contributed by atoms with van der Waals surface area (Å²) in [6.07, 6.45) is 0.737. The van der Waals surface area contributed by atoms with Gasteiger partial charge in [-0.15, -0.1) is 0 Å². The van der Waals surface area contributed by atoms with Gasteiger partial charge in [0.2, 0.25) is 0 Å². The Labute approximate surface area is 132 Å². The van der Waals surface area contributed by atoms with Gasteiger partial charge in [0.1, 0.15) is 11.5 Å². The summed E-state index contributed by atoms with van der Waals surface area (Å²) in [7, 11) is 0. The van der Waals surface area contributed by atoms with Crippen LogP contribution in [-0.4, -0.2) is 5.11 Å². The highest BCUT2D eigenvalue weighted by molar-refractivity contribution is 9.10. The van der Waals surface area contributed by atoms with E-state index in [1.54, 1.807) is 6.92 Å². The highest BCUT2D eigenvalue weighted by Gasteiger charge is 2.22. The molecule has 2 aromatic carbocycles. The van der Waals surface area contributed by atoms with Crippen LogP contribution in [0.5, 0.6) is 11.5 Å². The molecule has 21 heavy (non-hydrogen) atoms. The van der Waals surface area contributed by atoms with E-state index >= 15 is 0 Å². The van der Waals surface area contributed by atoms with E-state index in [0.717, 1.165) is 15.8 Å². The number of halogens is 1. The third-order valence-electron chi connectivity index (χ3n) is 3.25. The molecule has 0 aromatic heterocycles. The van der Waals surface area contributed by atoms with Crippen LogP contribution < -0.4 is 4.74 Å². The van der Waals surface area contributed by atoms with E-state index < -0.39 is 5.60 Å². The van der Waals surface area contributed by atoms with Gasteiger partial charge in [-0.2, -0.15) is 5.26 Å². The minimum absolute atomic E-state index is 0.324. The molecule has 2 aromatic rings. The van der Waals surface area contributed by atoms with Gasteiger partial charge in [-0.05, 0) is 55.3 Å². The molecule has 2 rings (SSSR count). The Hall–Kier alpha value is -1.83. The molecule has 4 heteroatoms. The van der Waals surface area contributed by atoms with E-state index in [9.17, 15) is 5.11 Å². The second-order valence-electron chi connectivity index (χ2n) is 5.01. The van der Waals surface area contributed by atoms with Crippen molar-refractivity contribution in [3.05, 3.63) is 58.6 Å². The van der Waals surface area contributed by atoms with Gasteiger partial charge in [-0.1, -0.05) is 28.1 Å². The molecule has 0 saturated heterocycles. The molecule has 0 heterocycles. The topological polar surface area (TPSA) is 53.2 Å². The van der Waals surface area contributed by atoms with Crippen molar-refractivity contribution in [2.75, 3.05) is 0 Å². The zero-order chi connectivity index (χ0) is 15.3. The van der Waals surface area contributed by atoms with Crippen molar-refractivity contribution in [2.24, 2.45) is 0 Å². The zero-order valence-electron chi connectivity index (χ0n) is 11.7. The maximum atomic E-state index is 10.3. The van der Waals surface area contributed by atoms with E-state index in [4.69, 9.17) is 10.00 Å². The first-order chi connectivity index (χ1) is 10.0. The van der Waals surface area contributed by atoms with Gasteiger partial charge in [-0.25, -0.2) is 0 Å². The third-order valence-corrected chi connectivity index (χ3v) is 3.78. The molecular formula is C17H16BrNO2. The molecule has 0 amide bonds. The maximum absolute atomic E-state index is 10.3. The predicted octanol–water partition coefficient (Wildman–Crippen LogP) is 4.75. The average Bonchev–Trinajstić information content (AvgIpc) is 2.48. The molecule has 1 unspecified atom stereocenters. The fourth-order valence-corrected chi connectivity index (χ4v) is 2.23. The highest BCUT2D eigenvalue weighted by Crippen LogP contribution is 2.29. The lowest BCUT2D eigenvalue weighted by atomic mass is 9.91. The van der Waals surface area contributed by atoms with Crippen LogP contribution in [0.3, 0.4) is 0 Å². The molecule has 0 spiro atoms. The molecule has 0 fully saturated rings. The minimum Gasteiger partial charge on any atom is -0.457 e. The van der Waals surface area contributed by atoms with Crippen molar-refractivity contribution in [1.82, 2.24) is 0 Å². The van der Waals surface area contributed by atoms with E-state index in [0.29, 0.717) is 18.6 Å². The van der Waals surface area contributed by atoms with E-state index in [1.165, 1.54) is 0 Å². The number of hydrogen-bond acceptors (Lipinski definition) is 3. The molecule has 0 aliphatic carbocycles. The van der Waals surface area contributed by atoms with Gasteiger partial charge in [-0.3, -0.25) is 0 Å². The quantitative estimate of drug-likeness (QED) is 0.850. The van der Waals surface area contributed by atoms with Crippen molar-refractivity contribution in [3.8, 4) is 17.6 Å². The molecule has 0 radical (unpaired) electrons. The van der Waals surface area contributed by atoms with Crippen LogP contribution >= 0.6 is 15.9 Å². The Balaban J connectivity index is 2.08. The lowest BCUT2D eigenvalue weighted by Gasteiger charge is -2.22. The molecule has 3 nitrogen and oxygen atoms in total. The van der Waals surface area contributed by atoms with Crippen molar-refractivity contribution in [2.45, 2.75) is 25.4 Å². The number of hydrogen-bond donors (Lipinski definition) is 1. The van der Waals surface area contributed by atoms with Crippen LogP contribution in [0.25, 0.3) is 0 Å². The largest absolute Gasteiger partial charge is 0.457 e. The molecule has 0 bridgehead atoms. The number of nitriles is 1. The van der Waals surface area contributed by atoms with Gasteiger partial charge < -0.3 is 9.84 Å². The number of nitrogens with zero attached hydrogens (tertiary/aromatic N) is 1. The summed E-state index contributed by atoms with van der Waals surface area (Å²) in [4.78, 5) is 0. The predicted molar refractivity (Wildman–Crippen MR) is 85.1 cm³/mol. The van der Waals surface area contributed by atoms with Crippen molar-refractivity contribution in [1.29, 1.82) is 5.26 Å². The monoisotopic (exact) mass is 345 g/mol. The Kier molecular flexibility index (Phi) is 5.00. The van der Waals surface area contributed by atoms with Gasteiger partial charge >= 0.3 is 0 Å². The average molecular weight is 346 g/mol. The second kappa shape index (κ2) is 6.75. The fraction of sp³-hybridized carbons (Fsp3) is 0.235. The smallest absolute Gasteiger partial charge is 0.127 e. The molecule has 0 aliphatic rings. The van der Waals surface area contributed by atoms with Crippen LogP contribution in [0.15, 0.2) is 53.0 Å². The summed E-state index contributed by atoms with van der Waals surface area (Å²) in [6.45, 7) is 1.72. The summed E-state index contributed by atoms with van der Waals surface area (Å²) < 4.78 is 6.73. The molecule has 1 N–H and O–H groups in total. The summed E-state index contributed by atoms with van der Waals surface area (Å²) >= 11 is 3.38. The van der Waals surface area contributed by atoms with Crippen LogP contribution in [0, 0.1) is 11.3 Å². The summed E-state index contributed by atoms with van der Waals surface area (Å²) in [5.74, 6) is 1.46. The lowest BCUT2D eigenvalue weighted by molar-refractivity contribution is 0.0492. The number of ether oxygens (including phenoxy) is 1. The second-order valence-corrected chi connectivity index (χ2v) is 5.93. The summed E-state index contributed by atoms with van der Waals surface area (Å²) in [6, 6.07) is 16.9. The normalized spacial score (nSPS) is 13.2. The first-order valence-electron chi connectivity index (χ1n) is 6.64. The maximum Gasteiger partial charge on any atom is 0.127 e. The van der Waals surface area contributed by atoms with Gasteiger partial charge in [0, 0.05) is 10.9 Å². The van der Waals surface area contributed by atoms with Gasteiger partial charge in [0.15, 0.2) is 0 Å².